The number of hydrogen-bond donors (Lipinski definition) is 5. The van der Waals surface area contributed by atoms with E-state index in [2.05, 4.69) is 21.3 Å². The zero-order chi connectivity index (χ0) is 36.5. The van der Waals surface area contributed by atoms with Crippen molar-refractivity contribution in [2.24, 2.45) is 5.73 Å². The number of nitro benzene ring substituents is 1. The van der Waals surface area contributed by atoms with Crippen molar-refractivity contribution < 1.29 is 52.7 Å². The van der Waals surface area contributed by atoms with Crippen molar-refractivity contribution >= 4 is 53.1 Å². The number of amides is 7. The summed E-state index contributed by atoms with van der Waals surface area (Å²) in [6, 6.07) is 9.26. The van der Waals surface area contributed by atoms with E-state index < -0.39 is 59.2 Å². The van der Waals surface area contributed by atoms with Crippen molar-refractivity contribution in [3.8, 4) is 5.75 Å². The topological polar surface area (TPSA) is 268 Å². The van der Waals surface area contributed by atoms with Crippen molar-refractivity contribution in [1.82, 2.24) is 20.9 Å². The monoisotopic (exact) mass is 697 g/mol. The Labute approximate surface area is 284 Å². The van der Waals surface area contributed by atoms with Crippen LogP contribution in [-0.4, -0.2) is 90.4 Å². The van der Waals surface area contributed by atoms with E-state index in [-0.39, 0.29) is 63.6 Å². The molecule has 0 fully saturated rings. The van der Waals surface area contributed by atoms with Gasteiger partial charge >= 0.3 is 12.2 Å². The molecule has 1 unspecified atom stereocenters. The largest absolute Gasteiger partial charge is 0.514 e. The Bertz CT molecular complexity index is 1580. The minimum Gasteiger partial charge on any atom is -0.429 e. The number of urea groups is 1. The Morgan fingerprint density at radius 3 is 2.22 bits per heavy atom. The predicted octanol–water partition coefficient (Wildman–Crippen LogP) is 0.630. The van der Waals surface area contributed by atoms with E-state index in [9.17, 15) is 43.7 Å². The van der Waals surface area contributed by atoms with Crippen molar-refractivity contribution in [3.63, 3.8) is 0 Å². The van der Waals surface area contributed by atoms with Gasteiger partial charge in [-0.15, -0.1) is 0 Å². The molecule has 0 saturated carbocycles. The smallest absolute Gasteiger partial charge is 0.429 e. The summed E-state index contributed by atoms with van der Waals surface area (Å²) in [5.41, 5.74) is 5.80. The molecule has 0 aliphatic carbocycles. The van der Waals surface area contributed by atoms with E-state index >= 15 is 0 Å². The van der Waals surface area contributed by atoms with E-state index in [4.69, 9.17) is 19.9 Å². The number of anilines is 1. The van der Waals surface area contributed by atoms with Gasteiger partial charge in [-0.05, 0) is 42.7 Å². The Hall–Kier alpha value is -6.37. The number of carbonyl (C=O) groups is 7. The molecule has 1 aliphatic rings. The maximum absolute atomic E-state index is 13.1. The molecule has 2 aromatic carbocycles. The molecule has 0 spiro atoms. The molecule has 0 saturated heterocycles. The average Bonchev–Trinajstić information content (AvgIpc) is 3.40. The van der Waals surface area contributed by atoms with Crippen LogP contribution in [0.2, 0.25) is 0 Å². The molecule has 19 heteroatoms. The van der Waals surface area contributed by atoms with Crippen LogP contribution in [0.15, 0.2) is 60.7 Å². The lowest BCUT2D eigenvalue weighted by molar-refractivity contribution is -0.384. The second-order valence-electron chi connectivity index (χ2n) is 10.4. The number of rotatable bonds is 19. The lowest BCUT2D eigenvalue weighted by atomic mass is 10.1. The first kappa shape index (κ1) is 38.1. The molecule has 7 amide bonds. The van der Waals surface area contributed by atoms with Crippen LogP contribution in [0, 0.1) is 10.1 Å². The van der Waals surface area contributed by atoms with E-state index in [1.165, 1.54) is 36.4 Å². The van der Waals surface area contributed by atoms with Crippen LogP contribution in [0.5, 0.6) is 5.75 Å². The minimum absolute atomic E-state index is 0.0217. The van der Waals surface area contributed by atoms with Gasteiger partial charge < -0.3 is 41.2 Å². The molecule has 1 aliphatic heterocycles. The first-order chi connectivity index (χ1) is 23.9. The molecule has 3 rings (SSSR count). The number of primary amides is 1. The van der Waals surface area contributed by atoms with E-state index in [1.807, 2.05) is 0 Å². The van der Waals surface area contributed by atoms with Crippen LogP contribution in [0.3, 0.4) is 0 Å². The molecule has 6 N–H and O–H groups in total. The fraction of sp³-hybridized carbons (Fsp3) is 0.323. The molecule has 19 nitrogen and oxygen atoms in total. The molecule has 0 aromatic heterocycles. The summed E-state index contributed by atoms with van der Waals surface area (Å²) in [6.45, 7) is -0.426. The Kier molecular flexibility index (Phi) is 14.8. The van der Waals surface area contributed by atoms with Crippen LogP contribution >= 0.6 is 0 Å². The van der Waals surface area contributed by atoms with Crippen LogP contribution in [-0.2, 0) is 40.1 Å². The van der Waals surface area contributed by atoms with Crippen molar-refractivity contribution in [3.05, 3.63) is 76.4 Å². The number of nitrogens with one attached hydrogen (secondary N) is 4. The number of nitro groups is 1. The van der Waals surface area contributed by atoms with E-state index in [0.29, 0.717) is 11.3 Å². The summed E-state index contributed by atoms with van der Waals surface area (Å²) in [7, 11) is 0. The van der Waals surface area contributed by atoms with Gasteiger partial charge in [0, 0.05) is 42.9 Å². The third-order valence-corrected chi connectivity index (χ3v) is 6.73. The van der Waals surface area contributed by atoms with E-state index in [1.54, 1.807) is 12.1 Å². The number of carbonyl (C=O) groups excluding carboxylic acids is 7. The lowest BCUT2D eigenvalue weighted by Crippen LogP contribution is -2.47. The van der Waals surface area contributed by atoms with Crippen LogP contribution in [0.25, 0.3) is 0 Å². The van der Waals surface area contributed by atoms with Crippen molar-refractivity contribution in [2.45, 2.75) is 31.9 Å². The molecular weight excluding hydrogens is 662 g/mol. The third-order valence-electron chi connectivity index (χ3n) is 6.73. The average molecular weight is 698 g/mol. The number of non-ortho nitro benzene ring substituents is 1. The fourth-order valence-corrected chi connectivity index (χ4v) is 4.19. The first-order valence-corrected chi connectivity index (χ1v) is 15.1. The van der Waals surface area contributed by atoms with Gasteiger partial charge in [-0.3, -0.25) is 39.0 Å². The zero-order valence-electron chi connectivity index (χ0n) is 26.6. The molecule has 0 bridgehead atoms. The molecule has 50 heavy (non-hydrogen) atoms. The standard InChI is InChI=1S/C31H35N7O12/c32-30(44)33-14-1-2-24(36-26(40)18-34-25(39)13-16-48-17-15-37-27(41)11-12-28(37)42)29(43)35-21-5-3-20(4-6-21)19-49-31(45)50-23-9-7-22(8-10-23)38(46)47/h3-12,24H,1-2,13-19H2,(H,34,39)(H,35,43)(H,36,40)(H3,32,33,44). The maximum atomic E-state index is 13.1. The number of benzene rings is 2. The summed E-state index contributed by atoms with van der Waals surface area (Å²) in [6.07, 6.45) is 1.56. The Morgan fingerprint density at radius 1 is 0.900 bits per heavy atom. The molecule has 1 atom stereocenters. The molecule has 0 radical (unpaired) electrons. The zero-order valence-corrected chi connectivity index (χ0v) is 26.6. The van der Waals surface area contributed by atoms with Gasteiger partial charge in [0.25, 0.3) is 17.5 Å². The number of hydrogen-bond acceptors (Lipinski definition) is 12. The number of ether oxygens (including phenoxy) is 3. The summed E-state index contributed by atoms with van der Waals surface area (Å²) in [5.74, 6) is -2.58. The SMILES string of the molecule is NC(=O)NCCCC(NC(=O)CNC(=O)CCOCCN1C(=O)C=CC1=O)C(=O)Nc1ccc(COC(=O)Oc2ccc([N+](=O)[O-])cc2)cc1. The second kappa shape index (κ2) is 19.5. The summed E-state index contributed by atoms with van der Waals surface area (Å²) in [5, 5.41) is 20.8. The highest BCUT2D eigenvalue weighted by Gasteiger charge is 2.23. The van der Waals surface area contributed by atoms with Crippen LogP contribution in [0.4, 0.5) is 21.0 Å². The number of nitrogens with zero attached hydrogens (tertiary/aromatic N) is 2. The maximum Gasteiger partial charge on any atom is 0.514 e. The quantitative estimate of drug-likeness (QED) is 0.0338. The minimum atomic E-state index is -1.06. The molecule has 2 aromatic rings. The van der Waals surface area contributed by atoms with Gasteiger partial charge in [0.15, 0.2) is 0 Å². The van der Waals surface area contributed by atoms with Gasteiger partial charge in [0.05, 0.1) is 31.2 Å². The van der Waals surface area contributed by atoms with Crippen LogP contribution < -0.4 is 31.7 Å². The predicted molar refractivity (Wildman–Crippen MR) is 172 cm³/mol. The highest BCUT2D eigenvalue weighted by atomic mass is 16.7. The Morgan fingerprint density at radius 2 is 1.58 bits per heavy atom. The normalized spacial score (nSPS) is 12.5. The van der Waals surface area contributed by atoms with Gasteiger partial charge in [0.1, 0.15) is 18.4 Å². The highest BCUT2D eigenvalue weighted by Crippen LogP contribution is 2.18. The molecular formula is C31H35N7O12. The van der Waals surface area contributed by atoms with Crippen LogP contribution in [0.1, 0.15) is 24.8 Å². The van der Waals surface area contributed by atoms with Crippen molar-refractivity contribution in [1.29, 1.82) is 0 Å². The highest BCUT2D eigenvalue weighted by molar-refractivity contribution is 6.12. The fourth-order valence-electron chi connectivity index (χ4n) is 4.19. The summed E-state index contributed by atoms with van der Waals surface area (Å²) < 4.78 is 15.3. The number of nitrogens with two attached hydrogens (primary N) is 1. The first-order valence-electron chi connectivity index (χ1n) is 15.1. The molecule has 1 heterocycles. The summed E-state index contributed by atoms with van der Waals surface area (Å²) in [4.78, 5) is 95.0. The van der Waals surface area contributed by atoms with Gasteiger partial charge in [-0.25, -0.2) is 9.59 Å². The lowest BCUT2D eigenvalue weighted by Gasteiger charge is -2.19. The number of imide groups is 1. The Balaban J connectivity index is 1.42. The third kappa shape index (κ3) is 13.4. The van der Waals surface area contributed by atoms with Gasteiger partial charge in [-0.1, -0.05) is 12.1 Å². The van der Waals surface area contributed by atoms with Crippen molar-refractivity contribution in [2.75, 3.05) is 38.2 Å². The molecule has 266 valence electrons. The van der Waals surface area contributed by atoms with Gasteiger partial charge in [-0.2, -0.15) is 0 Å². The van der Waals surface area contributed by atoms with Gasteiger partial charge in [0.2, 0.25) is 17.7 Å². The second-order valence-corrected chi connectivity index (χ2v) is 10.4. The summed E-state index contributed by atoms with van der Waals surface area (Å²) >= 11 is 0. The van der Waals surface area contributed by atoms with E-state index in [0.717, 1.165) is 17.1 Å².